The molecule has 6 nitrogen and oxygen atoms in total. The predicted molar refractivity (Wildman–Crippen MR) is 75.2 cm³/mol. The van der Waals surface area contributed by atoms with Crippen molar-refractivity contribution in [2.75, 3.05) is 26.3 Å². The zero-order valence-corrected chi connectivity index (χ0v) is 12.2. The third kappa shape index (κ3) is 3.65. The summed E-state index contributed by atoms with van der Waals surface area (Å²) in [5.41, 5.74) is 0. The van der Waals surface area contributed by atoms with Crippen molar-refractivity contribution in [1.82, 2.24) is 4.90 Å². The van der Waals surface area contributed by atoms with E-state index < -0.39 is 12.1 Å². The fraction of sp³-hybridized carbons (Fsp3) is 0.467. The maximum atomic E-state index is 11.9. The van der Waals surface area contributed by atoms with Gasteiger partial charge in [-0.1, -0.05) is 12.1 Å². The van der Waals surface area contributed by atoms with Crippen LogP contribution in [0.2, 0.25) is 0 Å². The molecule has 114 valence electrons. The van der Waals surface area contributed by atoms with Gasteiger partial charge in [0.1, 0.15) is 6.61 Å². The van der Waals surface area contributed by atoms with Crippen molar-refractivity contribution in [3.8, 4) is 11.5 Å². The quantitative estimate of drug-likeness (QED) is 0.764. The van der Waals surface area contributed by atoms with Crippen LogP contribution in [-0.4, -0.2) is 49.2 Å². The fourth-order valence-electron chi connectivity index (χ4n) is 2.03. The Morgan fingerprint density at radius 2 is 1.90 bits per heavy atom. The minimum atomic E-state index is -0.843. The number of hydrogen-bond donors (Lipinski definition) is 0. The number of para-hydroxylation sites is 2. The molecule has 0 spiro atoms. The number of ether oxygens (including phenoxy) is 3. The maximum Gasteiger partial charge on any atom is 0.351 e. The number of esters is 1. The molecule has 0 aliphatic carbocycles. The van der Waals surface area contributed by atoms with Gasteiger partial charge >= 0.3 is 5.97 Å². The number of hydrogen-bond acceptors (Lipinski definition) is 5. The van der Waals surface area contributed by atoms with E-state index in [9.17, 15) is 9.59 Å². The first-order valence-corrected chi connectivity index (χ1v) is 6.98. The molecule has 0 N–H and O–H groups in total. The van der Waals surface area contributed by atoms with Crippen molar-refractivity contribution in [3.05, 3.63) is 24.3 Å². The molecule has 1 heterocycles. The highest BCUT2D eigenvalue weighted by atomic mass is 16.6. The Hall–Kier alpha value is -2.24. The number of amides is 1. The summed E-state index contributed by atoms with van der Waals surface area (Å²) in [6.45, 7) is 4.72. The summed E-state index contributed by atoms with van der Waals surface area (Å²) in [6, 6.07) is 7.10. The summed E-state index contributed by atoms with van der Waals surface area (Å²) in [4.78, 5) is 25.3. The largest absolute Gasteiger partial charge is 0.485 e. The number of carbonyl (C=O) groups excluding carboxylic acids is 2. The van der Waals surface area contributed by atoms with Crippen LogP contribution in [0.15, 0.2) is 24.3 Å². The average molecular weight is 293 g/mol. The third-order valence-corrected chi connectivity index (χ3v) is 3.23. The van der Waals surface area contributed by atoms with Crippen molar-refractivity contribution in [3.63, 3.8) is 0 Å². The Morgan fingerprint density at radius 3 is 2.57 bits per heavy atom. The summed E-state index contributed by atoms with van der Waals surface area (Å²) in [5, 5.41) is 0. The smallest absolute Gasteiger partial charge is 0.351 e. The number of nitrogens with zero attached hydrogens (tertiary/aromatic N) is 1. The van der Waals surface area contributed by atoms with Crippen LogP contribution in [-0.2, 0) is 14.3 Å². The number of likely N-dealkylation sites (N-methyl/N-ethyl adjacent to an activating group) is 1. The first kappa shape index (κ1) is 15.2. The summed E-state index contributed by atoms with van der Waals surface area (Å²) >= 11 is 0. The Kier molecular flexibility index (Phi) is 5.03. The van der Waals surface area contributed by atoms with E-state index in [-0.39, 0.29) is 19.1 Å². The van der Waals surface area contributed by atoms with E-state index in [1.165, 1.54) is 0 Å². The summed E-state index contributed by atoms with van der Waals surface area (Å²) < 4.78 is 16.0. The molecular formula is C15H19NO5. The van der Waals surface area contributed by atoms with Crippen molar-refractivity contribution in [1.29, 1.82) is 0 Å². The van der Waals surface area contributed by atoms with Crippen LogP contribution in [0.4, 0.5) is 0 Å². The molecule has 2 rings (SSSR count). The van der Waals surface area contributed by atoms with Gasteiger partial charge in [0.15, 0.2) is 18.1 Å². The lowest BCUT2D eigenvalue weighted by atomic mass is 10.2. The maximum absolute atomic E-state index is 11.9. The lowest BCUT2D eigenvalue weighted by molar-refractivity contribution is -0.160. The first-order valence-electron chi connectivity index (χ1n) is 6.98. The van der Waals surface area contributed by atoms with Crippen LogP contribution in [0.1, 0.15) is 13.8 Å². The lowest BCUT2D eigenvalue weighted by Gasteiger charge is -2.25. The molecule has 1 unspecified atom stereocenters. The molecule has 1 atom stereocenters. The highest BCUT2D eigenvalue weighted by Crippen LogP contribution is 2.31. The third-order valence-electron chi connectivity index (χ3n) is 3.23. The van der Waals surface area contributed by atoms with Gasteiger partial charge < -0.3 is 19.1 Å². The minimum absolute atomic E-state index is 0.0787. The summed E-state index contributed by atoms with van der Waals surface area (Å²) in [6.07, 6.45) is -0.843. The Morgan fingerprint density at radius 1 is 1.24 bits per heavy atom. The molecule has 0 fully saturated rings. The SMILES string of the molecule is CCN(CC)C(=O)COC(=O)C1COc2ccccc2O1. The standard InChI is InChI=1S/C15H19NO5/c1-3-16(4-2)14(17)10-20-15(18)13-9-19-11-7-5-6-8-12(11)21-13/h5-8,13H,3-4,9-10H2,1-2H3. The second-order valence-electron chi connectivity index (χ2n) is 4.54. The van der Waals surface area contributed by atoms with Crippen LogP contribution >= 0.6 is 0 Å². The average Bonchev–Trinajstić information content (AvgIpc) is 2.53. The molecule has 0 bridgehead atoms. The number of benzene rings is 1. The molecule has 6 heteroatoms. The van der Waals surface area contributed by atoms with E-state index in [1.54, 1.807) is 23.1 Å². The molecular weight excluding hydrogens is 274 g/mol. The first-order chi connectivity index (χ1) is 10.2. The molecule has 0 saturated heterocycles. The van der Waals surface area contributed by atoms with Gasteiger partial charge in [-0.3, -0.25) is 4.79 Å². The van der Waals surface area contributed by atoms with E-state index in [1.807, 2.05) is 19.9 Å². The Bertz CT molecular complexity index is 513. The van der Waals surface area contributed by atoms with Crippen molar-refractivity contribution in [2.24, 2.45) is 0 Å². The van der Waals surface area contributed by atoms with Gasteiger partial charge in [-0.25, -0.2) is 4.79 Å². The summed E-state index contributed by atoms with van der Waals surface area (Å²) in [7, 11) is 0. The Balaban J connectivity index is 1.86. The van der Waals surface area contributed by atoms with Crippen LogP contribution < -0.4 is 9.47 Å². The van der Waals surface area contributed by atoms with Gasteiger partial charge in [0.05, 0.1) is 0 Å². The van der Waals surface area contributed by atoms with Crippen molar-refractivity contribution >= 4 is 11.9 Å². The zero-order valence-electron chi connectivity index (χ0n) is 12.2. The Labute approximate surface area is 123 Å². The lowest BCUT2D eigenvalue weighted by Crippen LogP contribution is -2.40. The van der Waals surface area contributed by atoms with Crippen molar-refractivity contribution < 1.29 is 23.8 Å². The molecule has 0 saturated carbocycles. The number of carbonyl (C=O) groups is 2. The van der Waals surface area contributed by atoms with E-state index in [0.717, 1.165) is 0 Å². The molecule has 1 aliphatic rings. The molecule has 1 aliphatic heterocycles. The molecule has 0 aromatic heterocycles. The van der Waals surface area contributed by atoms with Crippen molar-refractivity contribution in [2.45, 2.75) is 20.0 Å². The molecule has 1 aromatic carbocycles. The van der Waals surface area contributed by atoms with Gasteiger partial charge in [0, 0.05) is 13.1 Å². The highest BCUT2D eigenvalue weighted by Gasteiger charge is 2.29. The van der Waals surface area contributed by atoms with E-state index in [4.69, 9.17) is 14.2 Å². The topological polar surface area (TPSA) is 65.1 Å². The van der Waals surface area contributed by atoms with Gasteiger partial charge in [-0.05, 0) is 26.0 Å². The van der Waals surface area contributed by atoms with Crippen LogP contribution in [0.3, 0.4) is 0 Å². The van der Waals surface area contributed by atoms with E-state index in [0.29, 0.717) is 24.6 Å². The van der Waals surface area contributed by atoms with Crippen LogP contribution in [0, 0.1) is 0 Å². The molecule has 1 aromatic rings. The second-order valence-corrected chi connectivity index (χ2v) is 4.54. The highest BCUT2D eigenvalue weighted by molar-refractivity contribution is 5.82. The fourth-order valence-corrected chi connectivity index (χ4v) is 2.03. The minimum Gasteiger partial charge on any atom is -0.485 e. The monoisotopic (exact) mass is 293 g/mol. The van der Waals surface area contributed by atoms with Gasteiger partial charge in [0.2, 0.25) is 6.10 Å². The van der Waals surface area contributed by atoms with Gasteiger partial charge in [-0.2, -0.15) is 0 Å². The zero-order chi connectivity index (χ0) is 15.2. The summed E-state index contributed by atoms with van der Waals surface area (Å²) in [5.74, 6) is 0.289. The molecule has 21 heavy (non-hydrogen) atoms. The van der Waals surface area contributed by atoms with Crippen LogP contribution in [0.25, 0.3) is 0 Å². The van der Waals surface area contributed by atoms with Crippen LogP contribution in [0.5, 0.6) is 11.5 Å². The molecule has 1 amide bonds. The normalized spacial score (nSPS) is 16.2. The number of fused-ring (bicyclic) bond motifs is 1. The predicted octanol–water partition coefficient (Wildman–Crippen LogP) is 1.24. The second kappa shape index (κ2) is 6.97. The molecule has 0 radical (unpaired) electrons. The van der Waals surface area contributed by atoms with Gasteiger partial charge in [-0.15, -0.1) is 0 Å². The van der Waals surface area contributed by atoms with E-state index in [2.05, 4.69) is 0 Å². The number of rotatable bonds is 5. The van der Waals surface area contributed by atoms with Gasteiger partial charge in [0.25, 0.3) is 5.91 Å². The van der Waals surface area contributed by atoms with E-state index >= 15 is 0 Å².